The summed E-state index contributed by atoms with van der Waals surface area (Å²) >= 11 is 0. The Bertz CT molecular complexity index is 1380. The molecule has 3 atom stereocenters. The third kappa shape index (κ3) is 6.98. The molecule has 0 aliphatic carbocycles. The van der Waals surface area contributed by atoms with Crippen LogP contribution in [0.2, 0.25) is 0 Å². The number of ether oxygens (including phenoxy) is 1. The fourth-order valence-corrected chi connectivity index (χ4v) is 5.75. The van der Waals surface area contributed by atoms with Gasteiger partial charge in [-0.25, -0.2) is 8.42 Å². The fourth-order valence-electron chi connectivity index (χ4n) is 4.70. The normalized spacial score (nSPS) is 18.6. The lowest BCUT2D eigenvalue weighted by molar-refractivity contribution is 0.0341. The lowest BCUT2D eigenvalue weighted by Crippen LogP contribution is -2.49. The number of nitrogens with zero attached hydrogens (tertiary/aromatic N) is 2. The van der Waals surface area contributed by atoms with Gasteiger partial charge in [-0.3, -0.25) is 14.4 Å². The summed E-state index contributed by atoms with van der Waals surface area (Å²) in [5.74, 6) is 0.0537. The Morgan fingerprint density at radius 2 is 1.79 bits per heavy atom. The number of aliphatic hydroxyl groups is 1. The molecular formula is C30H37N3O5S. The van der Waals surface area contributed by atoms with Crippen LogP contribution in [-0.2, 0) is 16.6 Å². The molecule has 3 aromatic carbocycles. The van der Waals surface area contributed by atoms with Crippen LogP contribution >= 0.6 is 0 Å². The zero-order chi connectivity index (χ0) is 28.2. The highest BCUT2D eigenvalue weighted by Crippen LogP contribution is 2.31. The molecule has 0 radical (unpaired) electrons. The molecule has 208 valence electrons. The predicted molar refractivity (Wildman–Crippen MR) is 152 cm³/mol. The van der Waals surface area contributed by atoms with Gasteiger partial charge in [0.2, 0.25) is 0 Å². The second kappa shape index (κ2) is 12.2. The van der Waals surface area contributed by atoms with Gasteiger partial charge in [0.05, 0.1) is 23.1 Å². The van der Waals surface area contributed by atoms with Crippen LogP contribution in [0.3, 0.4) is 0 Å². The summed E-state index contributed by atoms with van der Waals surface area (Å²) in [6, 6.07) is 21.1. The van der Waals surface area contributed by atoms with Gasteiger partial charge in [-0.15, -0.1) is 0 Å². The fraction of sp³-hybridized carbons (Fsp3) is 0.367. The number of sulfonamides is 1. The molecule has 0 aromatic heterocycles. The van der Waals surface area contributed by atoms with Gasteiger partial charge >= 0.3 is 0 Å². The van der Waals surface area contributed by atoms with Crippen LogP contribution in [0.5, 0.6) is 5.75 Å². The molecule has 3 aromatic rings. The topological polar surface area (TPSA) is 99.2 Å². The minimum Gasteiger partial charge on any atom is -0.488 e. The maximum Gasteiger partial charge on any atom is 0.261 e. The molecule has 0 saturated carbocycles. The van der Waals surface area contributed by atoms with Crippen molar-refractivity contribution in [2.45, 2.75) is 44.4 Å². The standard InChI is InChI=1S/C30H37N3O5S/c1-21-10-13-26(14-11-21)39(36,37)31-25-12-15-28-27(16-25)30(35)33(23(3)20-34)17-22(2)29(38-28)19-32(4)18-24-8-6-5-7-9-24/h5-16,22-23,29,31,34H,17-20H2,1-4H3/t22-,23+,29-/m0/s1. The van der Waals surface area contributed by atoms with Crippen molar-refractivity contribution in [3.8, 4) is 5.75 Å². The average Bonchev–Trinajstić information content (AvgIpc) is 2.91. The molecule has 39 heavy (non-hydrogen) atoms. The van der Waals surface area contributed by atoms with Gasteiger partial charge in [0.25, 0.3) is 15.9 Å². The number of anilines is 1. The summed E-state index contributed by atoms with van der Waals surface area (Å²) in [7, 11) is -1.82. The van der Waals surface area contributed by atoms with Gasteiger partial charge in [-0.2, -0.15) is 0 Å². The molecule has 0 spiro atoms. The number of fused-ring (bicyclic) bond motifs is 1. The predicted octanol–water partition coefficient (Wildman–Crippen LogP) is 4.15. The van der Waals surface area contributed by atoms with E-state index in [0.29, 0.717) is 18.8 Å². The molecule has 8 nitrogen and oxygen atoms in total. The molecule has 1 aliphatic rings. The molecule has 2 N–H and O–H groups in total. The van der Waals surface area contributed by atoms with Crippen LogP contribution in [0.1, 0.15) is 35.3 Å². The lowest BCUT2D eigenvalue weighted by atomic mass is 9.99. The van der Waals surface area contributed by atoms with E-state index >= 15 is 0 Å². The van der Waals surface area contributed by atoms with Gasteiger partial charge in [-0.1, -0.05) is 55.0 Å². The van der Waals surface area contributed by atoms with E-state index in [4.69, 9.17) is 4.74 Å². The van der Waals surface area contributed by atoms with Crippen LogP contribution in [0.15, 0.2) is 77.7 Å². The number of amides is 1. The Labute approximate surface area is 231 Å². The number of rotatable bonds is 9. The Balaban J connectivity index is 1.63. The summed E-state index contributed by atoms with van der Waals surface area (Å²) in [6.07, 6.45) is -0.242. The minimum absolute atomic E-state index is 0.0194. The molecule has 0 bridgehead atoms. The first-order valence-electron chi connectivity index (χ1n) is 13.1. The number of nitrogens with one attached hydrogen (secondary N) is 1. The molecule has 0 saturated heterocycles. The zero-order valence-corrected chi connectivity index (χ0v) is 23.7. The van der Waals surface area contributed by atoms with Gasteiger partial charge in [0.15, 0.2) is 0 Å². The molecule has 0 unspecified atom stereocenters. The number of hydrogen-bond acceptors (Lipinski definition) is 6. The van der Waals surface area contributed by atoms with E-state index < -0.39 is 16.1 Å². The van der Waals surface area contributed by atoms with Crippen LogP contribution in [-0.4, -0.2) is 68.1 Å². The Kier molecular flexibility index (Phi) is 8.94. The number of likely N-dealkylation sites (N-methyl/N-ethyl adjacent to an activating group) is 1. The first-order chi connectivity index (χ1) is 18.6. The number of hydrogen-bond donors (Lipinski definition) is 2. The maximum absolute atomic E-state index is 13.7. The van der Waals surface area contributed by atoms with Crippen molar-refractivity contribution in [1.29, 1.82) is 0 Å². The van der Waals surface area contributed by atoms with Crippen molar-refractivity contribution in [2.24, 2.45) is 5.92 Å². The van der Waals surface area contributed by atoms with Crippen molar-refractivity contribution in [2.75, 3.05) is 31.5 Å². The molecule has 1 amide bonds. The van der Waals surface area contributed by atoms with Crippen LogP contribution in [0.4, 0.5) is 5.69 Å². The summed E-state index contributed by atoms with van der Waals surface area (Å²) in [4.78, 5) is 17.6. The quantitative estimate of drug-likeness (QED) is 0.415. The van der Waals surface area contributed by atoms with Gasteiger partial charge in [-0.05, 0) is 56.8 Å². The second-order valence-corrected chi connectivity index (χ2v) is 12.1. The third-order valence-electron chi connectivity index (χ3n) is 7.04. The Morgan fingerprint density at radius 3 is 2.46 bits per heavy atom. The van der Waals surface area contributed by atoms with Crippen LogP contribution < -0.4 is 9.46 Å². The first kappa shape index (κ1) is 28.6. The molecule has 0 fully saturated rings. The monoisotopic (exact) mass is 551 g/mol. The highest BCUT2D eigenvalue weighted by atomic mass is 32.2. The van der Waals surface area contributed by atoms with E-state index in [1.165, 1.54) is 11.6 Å². The van der Waals surface area contributed by atoms with Gasteiger partial charge in [0, 0.05) is 31.2 Å². The smallest absolute Gasteiger partial charge is 0.261 e. The van der Waals surface area contributed by atoms with E-state index in [1.54, 1.807) is 48.2 Å². The van der Waals surface area contributed by atoms with E-state index in [9.17, 15) is 18.3 Å². The van der Waals surface area contributed by atoms with Crippen molar-refractivity contribution >= 4 is 21.6 Å². The molecule has 1 aliphatic heterocycles. The summed E-state index contributed by atoms with van der Waals surface area (Å²) in [5, 5.41) is 9.90. The van der Waals surface area contributed by atoms with Crippen molar-refractivity contribution < 1.29 is 23.1 Å². The summed E-state index contributed by atoms with van der Waals surface area (Å²) in [5.41, 5.74) is 2.65. The highest BCUT2D eigenvalue weighted by Gasteiger charge is 2.33. The maximum atomic E-state index is 13.7. The Morgan fingerprint density at radius 1 is 1.10 bits per heavy atom. The van der Waals surface area contributed by atoms with E-state index in [1.807, 2.05) is 39.1 Å². The first-order valence-corrected chi connectivity index (χ1v) is 14.6. The second-order valence-electron chi connectivity index (χ2n) is 10.4. The number of aliphatic hydroxyl groups excluding tert-OH is 1. The van der Waals surface area contributed by atoms with Crippen molar-refractivity contribution in [1.82, 2.24) is 9.80 Å². The largest absolute Gasteiger partial charge is 0.488 e. The van der Waals surface area contributed by atoms with Gasteiger partial charge in [0.1, 0.15) is 11.9 Å². The summed E-state index contributed by atoms with van der Waals surface area (Å²) < 4.78 is 35.0. The van der Waals surface area contributed by atoms with Crippen LogP contribution in [0, 0.1) is 12.8 Å². The molecular weight excluding hydrogens is 514 g/mol. The number of aryl methyl sites for hydroxylation is 1. The molecule has 9 heteroatoms. The van der Waals surface area contributed by atoms with Crippen molar-refractivity contribution in [3.05, 3.63) is 89.5 Å². The third-order valence-corrected chi connectivity index (χ3v) is 8.43. The van der Waals surface area contributed by atoms with E-state index in [-0.39, 0.29) is 40.7 Å². The molecule has 4 rings (SSSR count). The van der Waals surface area contributed by atoms with Gasteiger partial charge < -0.3 is 14.7 Å². The van der Waals surface area contributed by atoms with E-state index in [2.05, 4.69) is 21.8 Å². The molecule has 1 heterocycles. The lowest BCUT2D eigenvalue weighted by Gasteiger charge is -2.38. The van der Waals surface area contributed by atoms with E-state index in [0.717, 1.165) is 12.1 Å². The van der Waals surface area contributed by atoms with Crippen molar-refractivity contribution in [3.63, 3.8) is 0 Å². The number of benzene rings is 3. The van der Waals surface area contributed by atoms with Crippen LogP contribution in [0.25, 0.3) is 0 Å². The highest BCUT2D eigenvalue weighted by molar-refractivity contribution is 7.92. The minimum atomic E-state index is -3.85. The zero-order valence-electron chi connectivity index (χ0n) is 22.9. The average molecular weight is 552 g/mol. The summed E-state index contributed by atoms with van der Waals surface area (Å²) in [6.45, 7) is 7.30. The number of carbonyl (C=O) groups excluding carboxylic acids is 1. The Hall–Kier alpha value is -3.40. The number of carbonyl (C=O) groups is 1. The SMILES string of the molecule is Cc1ccc(S(=O)(=O)Nc2ccc3c(c2)C(=O)N([C@H](C)CO)C[C@H](C)[C@H](CN(C)Cc2ccccc2)O3)cc1.